The van der Waals surface area contributed by atoms with E-state index >= 15 is 0 Å². The monoisotopic (exact) mass is 298 g/mol. The molecular formula is C15H26N2O4. The first kappa shape index (κ1) is 17.5. The van der Waals surface area contributed by atoms with Crippen molar-refractivity contribution < 1.29 is 19.5 Å². The second-order valence-electron chi connectivity index (χ2n) is 6.75. The zero-order valence-corrected chi connectivity index (χ0v) is 13.1. The average molecular weight is 298 g/mol. The molecule has 120 valence electrons. The van der Waals surface area contributed by atoms with E-state index in [1.54, 1.807) is 4.90 Å². The van der Waals surface area contributed by atoms with E-state index in [-0.39, 0.29) is 30.2 Å². The molecule has 0 bridgehead atoms. The lowest BCUT2D eigenvalue weighted by Crippen LogP contribution is -2.42. The van der Waals surface area contributed by atoms with Gasteiger partial charge in [-0.3, -0.25) is 14.9 Å². The number of carboxylic acid groups (broad SMARTS) is 1. The molecule has 1 heterocycles. The van der Waals surface area contributed by atoms with Crippen LogP contribution in [0.3, 0.4) is 0 Å². The molecular weight excluding hydrogens is 272 g/mol. The number of amides is 3. The number of rotatable bonds is 5. The average Bonchev–Trinajstić information content (AvgIpc) is 2.83. The van der Waals surface area contributed by atoms with Crippen molar-refractivity contribution in [3.8, 4) is 0 Å². The zero-order chi connectivity index (χ0) is 16.0. The van der Waals surface area contributed by atoms with Crippen LogP contribution in [0.1, 0.15) is 52.9 Å². The number of likely N-dealkylation sites (tertiary alicyclic amines) is 1. The number of hydrogen-bond acceptors (Lipinski definition) is 3. The van der Waals surface area contributed by atoms with Gasteiger partial charge in [-0.1, -0.05) is 20.8 Å². The maximum Gasteiger partial charge on any atom is 0.324 e. The van der Waals surface area contributed by atoms with E-state index in [9.17, 15) is 14.4 Å². The van der Waals surface area contributed by atoms with Gasteiger partial charge in [-0.05, 0) is 30.6 Å². The predicted molar refractivity (Wildman–Crippen MR) is 78.8 cm³/mol. The minimum atomic E-state index is -0.864. The molecule has 1 aliphatic rings. The van der Waals surface area contributed by atoms with Gasteiger partial charge in [-0.25, -0.2) is 4.79 Å². The maximum atomic E-state index is 12.0. The molecule has 0 aromatic rings. The summed E-state index contributed by atoms with van der Waals surface area (Å²) in [6.07, 6.45) is 2.14. The second-order valence-corrected chi connectivity index (χ2v) is 6.75. The summed E-state index contributed by atoms with van der Waals surface area (Å²) >= 11 is 0. The molecule has 0 aliphatic carbocycles. The van der Waals surface area contributed by atoms with E-state index < -0.39 is 5.97 Å². The van der Waals surface area contributed by atoms with Gasteiger partial charge in [0.15, 0.2) is 0 Å². The molecule has 1 fully saturated rings. The first-order valence-electron chi connectivity index (χ1n) is 7.50. The molecule has 1 unspecified atom stereocenters. The Morgan fingerprint density at radius 2 is 1.81 bits per heavy atom. The highest BCUT2D eigenvalue weighted by Crippen LogP contribution is 2.33. The van der Waals surface area contributed by atoms with Crippen molar-refractivity contribution in [2.75, 3.05) is 13.1 Å². The van der Waals surface area contributed by atoms with Gasteiger partial charge in [0.1, 0.15) is 0 Å². The lowest BCUT2D eigenvalue weighted by atomic mass is 9.80. The van der Waals surface area contributed by atoms with Gasteiger partial charge >= 0.3 is 12.0 Å². The normalized spacial score (nSPS) is 18.6. The first-order valence-corrected chi connectivity index (χ1v) is 7.50. The number of imide groups is 1. The van der Waals surface area contributed by atoms with E-state index in [1.165, 1.54) is 0 Å². The maximum absolute atomic E-state index is 12.0. The van der Waals surface area contributed by atoms with E-state index in [0.717, 1.165) is 6.42 Å². The summed E-state index contributed by atoms with van der Waals surface area (Å²) < 4.78 is 0. The zero-order valence-electron chi connectivity index (χ0n) is 13.1. The molecule has 1 aliphatic heterocycles. The third kappa shape index (κ3) is 6.14. The topological polar surface area (TPSA) is 86.7 Å². The van der Waals surface area contributed by atoms with Crippen molar-refractivity contribution in [1.29, 1.82) is 0 Å². The molecule has 6 heteroatoms. The molecule has 0 saturated carbocycles. The minimum Gasteiger partial charge on any atom is -0.481 e. The third-order valence-corrected chi connectivity index (χ3v) is 3.99. The fourth-order valence-electron chi connectivity index (χ4n) is 2.47. The standard InChI is InChI=1S/C15H26N2O4/c1-15(2,3)11-8-9-17(10-11)14(21)16-12(18)6-4-5-7-13(19)20/h11H,4-10H2,1-3H3,(H,19,20)(H,16,18,21). The van der Waals surface area contributed by atoms with Crippen LogP contribution >= 0.6 is 0 Å². The highest BCUT2D eigenvalue weighted by Gasteiger charge is 2.34. The van der Waals surface area contributed by atoms with Crippen molar-refractivity contribution in [2.24, 2.45) is 11.3 Å². The summed E-state index contributed by atoms with van der Waals surface area (Å²) in [7, 11) is 0. The number of nitrogens with zero attached hydrogens (tertiary/aromatic N) is 1. The van der Waals surface area contributed by atoms with Crippen LogP contribution in [0.5, 0.6) is 0 Å². The summed E-state index contributed by atoms with van der Waals surface area (Å²) in [6.45, 7) is 7.84. The van der Waals surface area contributed by atoms with Gasteiger partial charge in [0.05, 0.1) is 0 Å². The largest absolute Gasteiger partial charge is 0.481 e. The van der Waals surface area contributed by atoms with Crippen molar-refractivity contribution >= 4 is 17.9 Å². The van der Waals surface area contributed by atoms with Crippen LogP contribution in [-0.2, 0) is 9.59 Å². The number of aliphatic carboxylic acids is 1. The molecule has 1 atom stereocenters. The molecule has 21 heavy (non-hydrogen) atoms. The van der Waals surface area contributed by atoms with Crippen LogP contribution in [-0.4, -0.2) is 41.0 Å². The van der Waals surface area contributed by atoms with E-state index in [4.69, 9.17) is 5.11 Å². The minimum absolute atomic E-state index is 0.0562. The number of carbonyl (C=O) groups excluding carboxylic acids is 2. The number of hydrogen-bond donors (Lipinski definition) is 2. The summed E-state index contributed by atoms with van der Waals surface area (Å²) in [5, 5.41) is 10.9. The van der Waals surface area contributed by atoms with Crippen molar-refractivity contribution in [1.82, 2.24) is 10.2 Å². The molecule has 0 aromatic carbocycles. The van der Waals surface area contributed by atoms with Gasteiger partial charge in [0.2, 0.25) is 5.91 Å². The van der Waals surface area contributed by atoms with Crippen molar-refractivity contribution in [2.45, 2.75) is 52.9 Å². The lowest BCUT2D eigenvalue weighted by Gasteiger charge is -2.26. The SMILES string of the molecule is CC(C)(C)C1CCN(C(=O)NC(=O)CCCCC(=O)O)C1. The Morgan fingerprint density at radius 1 is 1.19 bits per heavy atom. The fourth-order valence-corrected chi connectivity index (χ4v) is 2.47. The highest BCUT2D eigenvalue weighted by molar-refractivity contribution is 5.94. The fraction of sp³-hybridized carbons (Fsp3) is 0.800. The van der Waals surface area contributed by atoms with Crippen molar-refractivity contribution in [3.05, 3.63) is 0 Å². The Labute approximate surface area is 125 Å². The van der Waals surface area contributed by atoms with Gasteiger partial charge < -0.3 is 10.0 Å². The number of carboxylic acids is 1. The van der Waals surface area contributed by atoms with Crippen LogP contribution in [0, 0.1) is 11.3 Å². The molecule has 0 spiro atoms. The van der Waals surface area contributed by atoms with E-state index in [1.807, 2.05) is 0 Å². The third-order valence-electron chi connectivity index (χ3n) is 3.99. The number of urea groups is 1. The van der Waals surface area contributed by atoms with Gasteiger partial charge in [0.25, 0.3) is 0 Å². The summed E-state index contributed by atoms with van der Waals surface area (Å²) in [5.74, 6) is -0.740. The molecule has 1 saturated heterocycles. The summed E-state index contributed by atoms with van der Waals surface area (Å²) in [4.78, 5) is 35.6. The Morgan fingerprint density at radius 3 is 2.33 bits per heavy atom. The van der Waals surface area contributed by atoms with Crippen LogP contribution < -0.4 is 5.32 Å². The van der Waals surface area contributed by atoms with E-state index in [0.29, 0.717) is 31.8 Å². The number of carbonyl (C=O) groups is 3. The van der Waals surface area contributed by atoms with Gasteiger partial charge in [-0.2, -0.15) is 0 Å². The molecule has 6 nitrogen and oxygen atoms in total. The Kier molecular flexibility index (Phi) is 6.18. The highest BCUT2D eigenvalue weighted by atomic mass is 16.4. The van der Waals surface area contributed by atoms with Crippen LogP contribution in [0.2, 0.25) is 0 Å². The van der Waals surface area contributed by atoms with Gasteiger partial charge in [-0.15, -0.1) is 0 Å². The number of nitrogens with one attached hydrogen (secondary N) is 1. The second kappa shape index (κ2) is 7.43. The number of unbranched alkanes of at least 4 members (excludes halogenated alkanes) is 1. The molecule has 2 N–H and O–H groups in total. The molecule has 0 radical (unpaired) electrons. The molecule has 3 amide bonds. The van der Waals surface area contributed by atoms with Crippen LogP contribution in [0.25, 0.3) is 0 Å². The van der Waals surface area contributed by atoms with Gasteiger partial charge in [0, 0.05) is 25.9 Å². The van der Waals surface area contributed by atoms with Crippen LogP contribution in [0.15, 0.2) is 0 Å². The molecule has 1 rings (SSSR count). The first-order chi connectivity index (χ1) is 9.70. The summed E-state index contributed by atoms with van der Waals surface area (Å²) in [5.41, 5.74) is 0.163. The Hall–Kier alpha value is -1.59. The lowest BCUT2D eigenvalue weighted by molar-refractivity contribution is -0.137. The van der Waals surface area contributed by atoms with E-state index in [2.05, 4.69) is 26.1 Å². The Balaban J connectivity index is 2.27. The molecule has 0 aromatic heterocycles. The smallest absolute Gasteiger partial charge is 0.324 e. The van der Waals surface area contributed by atoms with Crippen LogP contribution in [0.4, 0.5) is 4.79 Å². The summed E-state index contributed by atoms with van der Waals surface area (Å²) in [6, 6.07) is -0.329. The predicted octanol–water partition coefficient (Wildman–Crippen LogP) is 2.24. The van der Waals surface area contributed by atoms with Crippen molar-refractivity contribution in [3.63, 3.8) is 0 Å². The quantitative estimate of drug-likeness (QED) is 0.762. The Bertz CT molecular complexity index is 401.